The monoisotopic (exact) mass is 384 g/mol. The number of hydrogen-bond acceptors (Lipinski definition) is 7. The van der Waals surface area contributed by atoms with E-state index < -0.39 is 24.4 Å². The fraction of sp³-hybridized carbons (Fsp3) is 0.500. The molecule has 0 atom stereocenters. The van der Waals surface area contributed by atoms with Gasteiger partial charge in [-0.1, -0.05) is 30.9 Å². The van der Waals surface area contributed by atoms with Gasteiger partial charge in [-0.3, -0.25) is 19.7 Å². The van der Waals surface area contributed by atoms with Crippen LogP contribution in [0.15, 0.2) is 22.8 Å². The molecule has 2 heterocycles. The van der Waals surface area contributed by atoms with Crippen LogP contribution in [0, 0.1) is 5.92 Å². The molecule has 9 heteroatoms. The summed E-state index contributed by atoms with van der Waals surface area (Å²) in [5, 5.41) is 2.07. The van der Waals surface area contributed by atoms with Crippen LogP contribution < -0.4 is 5.32 Å². The average molecular weight is 384 g/mol. The Hall–Kier alpha value is -1.87. The smallest absolute Gasteiger partial charge is 0.316 e. The highest BCUT2D eigenvalue weighted by atomic mass is 32.2. The molecular formula is C16H20N2O5S2. The van der Waals surface area contributed by atoms with E-state index in [1.54, 1.807) is 0 Å². The van der Waals surface area contributed by atoms with E-state index in [1.165, 1.54) is 30.2 Å². The van der Waals surface area contributed by atoms with E-state index in [0.29, 0.717) is 10.2 Å². The second kappa shape index (κ2) is 9.57. The number of piperidine rings is 1. The first-order valence-corrected chi connectivity index (χ1v) is 9.30. The predicted molar refractivity (Wildman–Crippen MR) is 97.2 cm³/mol. The summed E-state index contributed by atoms with van der Waals surface area (Å²) in [7, 11) is 0. The predicted octanol–water partition coefficient (Wildman–Crippen LogP) is 1.83. The molecule has 2 amide bonds. The third-order valence-corrected chi connectivity index (χ3v) is 5.21. The SMILES string of the molecule is CC1CCN(C(=S)SCC(=O)OCC(=O)NC(=O)c2ccco2)CC1. The van der Waals surface area contributed by atoms with Gasteiger partial charge >= 0.3 is 5.97 Å². The fourth-order valence-electron chi connectivity index (χ4n) is 2.22. The number of carbonyl (C=O) groups excluding carboxylic acids is 3. The van der Waals surface area contributed by atoms with Crippen LogP contribution in [-0.4, -0.2) is 52.5 Å². The molecule has 136 valence electrons. The second-order valence-electron chi connectivity index (χ2n) is 5.74. The van der Waals surface area contributed by atoms with E-state index >= 15 is 0 Å². The molecule has 0 aromatic carbocycles. The molecule has 1 N–H and O–H groups in total. The van der Waals surface area contributed by atoms with Crippen molar-refractivity contribution in [3.63, 3.8) is 0 Å². The molecule has 0 unspecified atom stereocenters. The van der Waals surface area contributed by atoms with Crippen molar-refractivity contribution in [2.75, 3.05) is 25.4 Å². The maximum absolute atomic E-state index is 11.7. The summed E-state index contributed by atoms with van der Waals surface area (Å²) in [6.07, 6.45) is 3.51. The Morgan fingerprint density at radius 1 is 1.40 bits per heavy atom. The van der Waals surface area contributed by atoms with Gasteiger partial charge in [0.25, 0.3) is 11.8 Å². The van der Waals surface area contributed by atoms with Gasteiger partial charge in [-0.2, -0.15) is 0 Å². The van der Waals surface area contributed by atoms with Crippen molar-refractivity contribution in [2.45, 2.75) is 19.8 Å². The van der Waals surface area contributed by atoms with E-state index in [9.17, 15) is 14.4 Å². The third-order valence-electron chi connectivity index (χ3n) is 3.72. The molecule has 0 saturated carbocycles. The lowest BCUT2D eigenvalue weighted by Gasteiger charge is -2.31. The molecule has 1 saturated heterocycles. The van der Waals surface area contributed by atoms with Gasteiger partial charge < -0.3 is 14.1 Å². The van der Waals surface area contributed by atoms with Gasteiger partial charge in [-0.15, -0.1) is 0 Å². The number of nitrogens with one attached hydrogen (secondary N) is 1. The molecule has 1 aliphatic rings. The zero-order valence-electron chi connectivity index (χ0n) is 13.9. The lowest BCUT2D eigenvalue weighted by atomic mass is 10.00. The first kappa shape index (κ1) is 19.5. The number of hydrogen-bond donors (Lipinski definition) is 1. The molecule has 0 aliphatic carbocycles. The standard InChI is InChI=1S/C16H20N2O5S2/c1-11-4-6-18(7-5-11)16(24)25-10-14(20)23-9-13(19)17-15(21)12-3-2-8-22-12/h2-3,8,11H,4-7,9-10H2,1H3,(H,17,19,21). The van der Waals surface area contributed by atoms with Gasteiger partial charge in [0.15, 0.2) is 12.4 Å². The summed E-state index contributed by atoms with van der Waals surface area (Å²) in [4.78, 5) is 36.9. The van der Waals surface area contributed by atoms with Crippen LogP contribution in [0.2, 0.25) is 0 Å². The van der Waals surface area contributed by atoms with Crippen molar-refractivity contribution in [1.29, 1.82) is 0 Å². The van der Waals surface area contributed by atoms with Crippen LogP contribution in [0.4, 0.5) is 0 Å². The van der Waals surface area contributed by atoms with Crippen molar-refractivity contribution in [1.82, 2.24) is 10.2 Å². The molecule has 0 radical (unpaired) electrons. The van der Waals surface area contributed by atoms with Gasteiger partial charge in [-0.25, -0.2) is 0 Å². The summed E-state index contributed by atoms with van der Waals surface area (Å²) in [6.45, 7) is 3.49. The topological polar surface area (TPSA) is 88.9 Å². The number of amides is 2. The van der Waals surface area contributed by atoms with E-state index in [4.69, 9.17) is 21.4 Å². The summed E-state index contributed by atoms with van der Waals surface area (Å²) >= 11 is 6.54. The highest BCUT2D eigenvalue weighted by Gasteiger charge is 2.19. The minimum absolute atomic E-state index is 0.0106. The molecule has 1 aromatic heterocycles. The van der Waals surface area contributed by atoms with Crippen LogP contribution >= 0.6 is 24.0 Å². The van der Waals surface area contributed by atoms with Crippen molar-refractivity contribution < 1.29 is 23.5 Å². The highest BCUT2D eigenvalue weighted by molar-refractivity contribution is 8.23. The van der Waals surface area contributed by atoms with E-state index in [1.807, 2.05) is 0 Å². The van der Waals surface area contributed by atoms with E-state index in [2.05, 4.69) is 17.1 Å². The van der Waals surface area contributed by atoms with Crippen molar-refractivity contribution in [2.24, 2.45) is 5.92 Å². The largest absolute Gasteiger partial charge is 0.459 e. The summed E-state index contributed by atoms with van der Waals surface area (Å²) in [5.74, 6) is -1.20. The zero-order chi connectivity index (χ0) is 18.2. The van der Waals surface area contributed by atoms with Crippen LogP contribution in [0.1, 0.15) is 30.3 Å². The second-order valence-corrected chi connectivity index (χ2v) is 7.35. The Bertz CT molecular complexity index is 624. The first-order chi connectivity index (χ1) is 12.0. The van der Waals surface area contributed by atoms with E-state index in [-0.39, 0.29) is 11.5 Å². The molecule has 2 rings (SSSR count). The van der Waals surface area contributed by atoms with E-state index in [0.717, 1.165) is 25.9 Å². The summed E-state index contributed by atoms with van der Waals surface area (Å²) in [5.41, 5.74) is 0. The number of nitrogens with zero attached hydrogens (tertiary/aromatic N) is 1. The van der Waals surface area contributed by atoms with Crippen LogP contribution in [0.3, 0.4) is 0 Å². The number of imide groups is 1. The molecule has 1 aromatic rings. The Labute approximate surface area is 155 Å². The minimum Gasteiger partial charge on any atom is -0.459 e. The average Bonchev–Trinajstić information content (AvgIpc) is 3.13. The molecule has 1 aliphatic heterocycles. The maximum Gasteiger partial charge on any atom is 0.316 e. The number of likely N-dealkylation sites (tertiary alicyclic amines) is 1. The van der Waals surface area contributed by atoms with Crippen LogP contribution in [0.5, 0.6) is 0 Å². The Morgan fingerprint density at radius 2 is 2.12 bits per heavy atom. The first-order valence-electron chi connectivity index (χ1n) is 7.90. The van der Waals surface area contributed by atoms with Crippen LogP contribution in [0.25, 0.3) is 0 Å². The number of thioether (sulfide) groups is 1. The van der Waals surface area contributed by atoms with Gasteiger partial charge in [-0.05, 0) is 30.9 Å². The van der Waals surface area contributed by atoms with Crippen LogP contribution in [-0.2, 0) is 14.3 Å². The molecule has 0 bridgehead atoms. The Kier molecular flexibility index (Phi) is 7.45. The number of thiocarbonyl (C=S) groups is 1. The van der Waals surface area contributed by atoms with Gasteiger partial charge in [0, 0.05) is 13.1 Å². The number of furan rings is 1. The highest BCUT2D eigenvalue weighted by Crippen LogP contribution is 2.20. The minimum atomic E-state index is -0.715. The van der Waals surface area contributed by atoms with Gasteiger partial charge in [0.2, 0.25) is 0 Å². The molecule has 7 nitrogen and oxygen atoms in total. The number of ether oxygens (including phenoxy) is 1. The maximum atomic E-state index is 11.7. The van der Waals surface area contributed by atoms with Gasteiger partial charge in [0.05, 0.1) is 12.0 Å². The number of rotatable bonds is 5. The van der Waals surface area contributed by atoms with Crippen molar-refractivity contribution in [3.8, 4) is 0 Å². The summed E-state index contributed by atoms with van der Waals surface area (Å²) in [6, 6.07) is 2.95. The molecule has 0 spiro atoms. The third kappa shape index (κ3) is 6.50. The molecular weight excluding hydrogens is 364 g/mol. The lowest BCUT2D eigenvalue weighted by Crippen LogP contribution is -2.36. The molecule has 1 fully saturated rings. The quantitative estimate of drug-likeness (QED) is 0.608. The summed E-state index contributed by atoms with van der Waals surface area (Å²) < 4.78 is 10.4. The van der Waals surface area contributed by atoms with Crippen molar-refractivity contribution >= 4 is 46.1 Å². The van der Waals surface area contributed by atoms with Gasteiger partial charge in [0.1, 0.15) is 4.32 Å². The fourth-order valence-corrected chi connectivity index (χ4v) is 3.27. The zero-order valence-corrected chi connectivity index (χ0v) is 15.5. The Balaban J connectivity index is 1.62. The Morgan fingerprint density at radius 3 is 2.76 bits per heavy atom. The lowest BCUT2D eigenvalue weighted by molar-refractivity contribution is -0.145. The van der Waals surface area contributed by atoms with Crippen molar-refractivity contribution in [3.05, 3.63) is 24.2 Å². The normalized spacial score (nSPS) is 14.8. The molecule has 25 heavy (non-hydrogen) atoms. The number of esters is 1. The number of carbonyl (C=O) groups is 3.